The van der Waals surface area contributed by atoms with Gasteiger partial charge in [-0.25, -0.2) is 4.79 Å². The summed E-state index contributed by atoms with van der Waals surface area (Å²) in [7, 11) is 2.83. The molecule has 1 saturated heterocycles. The van der Waals surface area contributed by atoms with Crippen LogP contribution < -0.4 is 14.8 Å². The normalized spacial score (nSPS) is 20.4. The van der Waals surface area contributed by atoms with Crippen molar-refractivity contribution in [1.29, 1.82) is 0 Å². The van der Waals surface area contributed by atoms with Crippen LogP contribution in [0.2, 0.25) is 0 Å². The molecule has 0 unspecified atom stereocenters. The number of fused-ring (bicyclic) bond motifs is 1. The lowest BCUT2D eigenvalue weighted by Gasteiger charge is -2.31. The topological polar surface area (TPSA) is 88.2 Å². The number of ether oxygens (including phenoxy) is 2. The van der Waals surface area contributed by atoms with Crippen LogP contribution in [0, 0.1) is 0 Å². The van der Waals surface area contributed by atoms with Crippen molar-refractivity contribution in [2.75, 3.05) is 20.7 Å². The van der Waals surface area contributed by atoms with Crippen molar-refractivity contribution >= 4 is 17.8 Å². The molecule has 0 radical (unpaired) electrons. The molecule has 2 aromatic rings. The van der Waals surface area contributed by atoms with E-state index in [-0.39, 0.29) is 24.7 Å². The number of carbonyl (C=O) groups is 3. The van der Waals surface area contributed by atoms with E-state index in [1.54, 1.807) is 18.2 Å². The van der Waals surface area contributed by atoms with Crippen LogP contribution in [0.4, 0.5) is 13.6 Å². The van der Waals surface area contributed by atoms with Gasteiger partial charge < -0.3 is 19.7 Å². The van der Waals surface area contributed by atoms with Gasteiger partial charge in [-0.15, -0.1) is 0 Å². The first kappa shape index (κ1) is 20.6. The summed E-state index contributed by atoms with van der Waals surface area (Å²) in [5, 5.41) is 2.67. The van der Waals surface area contributed by atoms with Gasteiger partial charge in [-0.1, -0.05) is 18.2 Å². The third-order valence-corrected chi connectivity index (χ3v) is 5.49. The number of urea groups is 1. The number of amides is 4. The molecule has 2 aliphatic rings. The molecule has 31 heavy (non-hydrogen) atoms. The molecule has 10 heteroatoms. The highest BCUT2D eigenvalue weighted by atomic mass is 19.3. The minimum absolute atomic E-state index is 0.0872. The molecule has 162 valence electrons. The fraction of sp³-hybridized carbons (Fsp3) is 0.286. The van der Waals surface area contributed by atoms with E-state index < -0.39 is 24.1 Å². The minimum atomic E-state index is -2.99. The Hall–Kier alpha value is -3.69. The molecular weight excluding hydrogens is 412 g/mol. The number of methoxy groups -OCH3 is 1. The van der Waals surface area contributed by atoms with E-state index >= 15 is 0 Å². The Labute approximate surface area is 176 Å². The summed E-state index contributed by atoms with van der Waals surface area (Å²) in [5.41, 5.74) is 0.0157. The van der Waals surface area contributed by atoms with E-state index in [1.807, 2.05) is 0 Å². The maximum Gasteiger partial charge on any atom is 0.387 e. The Kier molecular flexibility index (Phi) is 5.00. The molecule has 8 nitrogen and oxygen atoms in total. The summed E-state index contributed by atoms with van der Waals surface area (Å²) in [5.74, 6) is -0.414. The summed E-state index contributed by atoms with van der Waals surface area (Å²) >= 11 is 0. The van der Waals surface area contributed by atoms with Gasteiger partial charge in [-0.3, -0.25) is 14.5 Å². The van der Waals surface area contributed by atoms with Crippen molar-refractivity contribution in [3.05, 3.63) is 59.2 Å². The number of imide groups is 1. The number of nitrogens with one attached hydrogen (secondary N) is 1. The van der Waals surface area contributed by atoms with Gasteiger partial charge in [-0.05, 0) is 35.4 Å². The van der Waals surface area contributed by atoms with E-state index in [0.717, 1.165) is 10.5 Å². The van der Waals surface area contributed by atoms with E-state index in [0.29, 0.717) is 16.9 Å². The monoisotopic (exact) mass is 431 g/mol. The quantitative estimate of drug-likeness (QED) is 0.710. The van der Waals surface area contributed by atoms with E-state index in [1.165, 1.54) is 43.3 Å². The number of nitrogens with zero attached hydrogens (tertiary/aromatic N) is 2. The van der Waals surface area contributed by atoms with Crippen LogP contribution in [-0.4, -0.2) is 55.0 Å². The predicted octanol–water partition coefficient (Wildman–Crippen LogP) is 2.33. The molecule has 1 N–H and O–H groups in total. The zero-order chi connectivity index (χ0) is 22.3. The van der Waals surface area contributed by atoms with Crippen molar-refractivity contribution < 1.29 is 32.6 Å². The third-order valence-electron chi connectivity index (χ3n) is 5.49. The second kappa shape index (κ2) is 7.53. The number of benzene rings is 2. The first-order chi connectivity index (χ1) is 14.7. The van der Waals surface area contributed by atoms with Crippen LogP contribution in [0.15, 0.2) is 42.5 Å². The van der Waals surface area contributed by atoms with Gasteiger partial charge in [-0.2, -0.15) is 8.78 Å². The summed E-state index contributed by atoms with van der Waals surface area (Å²) in [6.45, 7) is -2.87. The van der Waals surface area contributed by atoms with Crippen molar-refractivity contribution in [3.8, 4) is 11.5 Å². The van der Waals surface area contributed by atoms with Gasteiger partial charge in [0.1, 0.15) is 11.5 Å². The maximum atomic E-state index is 13.1. The Balaban J connectivity index is 1.68. The zero-order valence-corrected chi connectivity index (χ0v) is 16.7. The Morgan fingerprint density at radius 1 is 1.10 bits per heavy atom. The molecule has 0 bridgehead atoms. The number of alkyl halides is 2. The zero-order valence-electron chi connectivity index (χ0n) is 16.7. The molecule has 0 spiro atoms. The molecule has 2 aliphatic heterocycles. The van der Waals surface area contributed by atoms with Crippen LogP contribution in [0.1, 0.15) is 21.5 Å². The Morgan fingerprint density at radius 3 is 2.35 bits per heavy atom. The van der Waals surface area contributed by atoms with Crippen molar-refractivity contribution in [3.63, 3.8) is 0 Å². The van der Waals surface area contributed by atoms with Gasteiger partial charge in [0.05, 0.1) is 13.7 Å². The molecule has 0 aliphatic carbocycles. The highest BCUT2D eigenvalue weighted by Gasteiger charge is 2.53. The van der Waals surface area contributed by atoms with Gasteiger partial charge in [0, 0.05) is 19.2 Å². The summed E-state index contributed by atoms with van der Waals surface area (Å²) in [6, 6.07) is 9.93. The highest BCUT2D eigenvalue weighted by Crippen LogP contribution is 2.35. The molecule has 0 aromatic heterocycles. The number of hydrogen-bond donors (Lipinski definition) is 1. The van der Waals surface area contributed by atoms with Crippen LogP contribution in [0.25, 0.3) is 0 Å². The standard InChI is InChI=1S/C21H19F2N3O5/c1-25-18(28)21(24-20(25)29,13-4-7-14(8-5-13)31-19(22)23)11-26-10-12-3-6-15(30-2)9-16(12)17(26)27/h3-9,19H,10-11H2,1-2H3,(H,24,29)/t21-/m0/s1. The SMILES string of the molecule is COc1ccc2c(c1)C(=O)N(C[C@@]1(c3ccc(OC(F)F)cc3)NC(=O)N(C)C1=O)C2. The molecule has 1 atom stereocenters. The summed E-state index contributed by atoms with van der Waals surface area (Å²) in [6.07, 6.45) is 0. The van der Waals surface area contributed by atoms with Gasteiger partial charge >= 0.3 is 12.6 Å². The number of halogens is 2. The summed E-state index contributed by atoms with van der Waals surface area (Å²) < 4.78 is 34.5. The lowest BCUT2D eigenvalue weighted by molar-refractivity contribution is -0.131. The molecule has 2 aromatic carbocycles. The lowest BCUT2D eigenvalue weighted by Crippen LogP contribution is -2.52. The molecule has 4 rings (SSSR count). The lowest BCUT2D eigenvalue weighted by atomic mass is 9.89. The van der Waals surface area contributed by atoms with Crippen molar-refractivity contribution in [2.45, 2.75) is 18.7 Å². The molecule has 4 amide bonds. The molecule has 2 heterocycles. The first-order valence-electron chi connectivity index (χ1n) is 9.37. The fourth-order valence-electron chi connectivity index (χ4n) is 3.89. The van der Waals surface area contributed by atoms with Crippen LogP contribution in [0.3, 0.4) is 0 Å². The van der Waals surface area contributed by atoms with Crippen LogP contribution in [-0.2, 0) is 16.9 Å². The average molecular weight is 431 g/mol. The van der Waals surface area contributed by atoms with Crippen LogP contribution >= 0.6 is 0 Å². The van der Waals surface area contributed by atoms with Gasteiger partial charge in [0.2, 0.25) is 0 Å². The number of hydrogen-bond acceptors (Lipinski definition) is 5. The van der Waals surface area contributed by atoms with Crippen LogP contribution in [0.5, 0.6) is 11.5 Å². The molecule has 0 saturated carbocycles. The Morgan fingerprint density at radius 2 is 1.77 bits per heavy atom. The van der Waals surface area contributed by atoms with E-state index in [2.05, 4.69) is 10.1 Å². The van der Waals surface area contributed by atoms with Crippen molar-refractivity contribution in [1.82, 2.24) is 15.1 Å². The second-order valence-electron chi connectivity index (χ2n) is 7.29. The maximum absolute atomic E-state index is 13.1. The van der Waals surface area contributed by atoms with E-state index in [9.17, 15) is 23.2 Å². The smallest absolute Gasteiger partial charge is 0.387 e. The first-order valence-corrected chi connectivity index (χ1v) is 9.37. The third kappa shape index (κ3) is 3.43. The van der Waals surface area contributed by atoms with E-state index in [4.69, 9.17) is 4.74 Å². The fourth-order valence-corrected chi connectivity index (χ4v) is 3.89. The summed E-state index contributed by atoms with van der Waals surface area (Å²) in [4.78, 5) is 40.8. The average Bonchev–Trinajstić information content (AvgIpc) is 3.17. The number of rotatable bonds is 6. The van der Waals surface area contributed by atoms with Gasteiger partial charge in [0.25, 0.3) is 11.8 Å². The van der Waals surface area contributed by atoms with Crippen molar-refractivity contribution in [2.24, 2.45) is 0 Å². The highest BCUT2D eigenvalue weighted by molar-refractivity contribution is 6.08. The largest absolute Gasteiger partial charge is 0.497 e. The number of likely N-dealkylation sites (N-methyl/N-ethyl adjacent to an activating group) is 1. The molecule has 1 fully saturated rings. The number of carbonyl (C=O) groups excluding carboxylic acids is 3. The predicted molar refractivity (Wildman–Crippen MR) is 104 cm³/mol. The second-order valence-corrected chi connectivity index (χ2v) is 7.29. The Bertz CT molecular complexity index is 1060. The van der Waals surface area contributed by atoms with Gasteiger partial charge in [0.15, 0.2) is 5.54 Å². The molecular formula is C21H19F2N3O5. The minimum Gasteiger partial charge on any atom is -0.497 e.